The summed E-state index contributed by atoms with van der Waals surface area (Å²) in [5.41, 5.74) is 0.323. The number of benzene rings is 2. The van der Waals surface area contributed by atoms with Crippen molar-refractivity contribution in [2.75, 3.05) is 5.32 Å². The second-order valence-corrected chi connectivity index (χ2v) is 4.96. The molecule has 0 fully saturated rings. The van der Waals surface area contributed by atoms with Crippen molar-refractivity contribution in [3.8, 4) is 5.75 Å². The molecule has 1 amide bonds. The molecule has 1 atom stereocenters. The first-order valence-corrected chi connectivity index (χ1v) is 6.90. The van der Waals surface area contributed by atoms with Gasteiger partial charge in [-0.05, 0) is 38.1 Å². The molecule has 0 saturated carbocycles. The molecule has 0 aromatic heterocycles. The molecule has 4 nitrogen and oxygen atoms in total. The lowest BCUT2D eigenvalue weighted by atomic mass is 10.1. The molecule has 0 radical (unpaired) electrons. The van der Waals surface area contributed by atoms with Gasteiger partial charge in [0.05, 0.1) is 5.69 Å². The number of Topliss-reactive ketones (excluding diaryl/α,β-unsaturated/α-hetero) is 1. The van der Waals surface area contributed by atoms with Crippen LogP contribution in [0.3, 0.4) is 0 Å². The molecule has 0 saturated heterocycles. The third-order valence-electron chi connectivity index (χ3n) is 3.11. The molecule has 120 valence electrons. The van der Waals surface area contributed by atoms with E-state index >= 15 is 0 Å². The molecule has 0 aliphatic carbocycles. The van der Waals surface area contributed by atoms with Crippen molar-refractivity contribution in [1.29, 1.82) is 0 Å². The SMILES string of the molecule is CC(=O)c1cccc(O[C@@H](C)C(=O)Nc2ccc(F)cc2F)c1. The first kappa shape index (κ1) is 16.6. The lowest BCUT2D eigenvalue weighted by Gasteiger charge is -2.15. The summed E-state index contributed by atoms with van der Waals surface area (Å²) in [4.78, 5) is 23.3. The molecule has 0 bridgehead atoms. The summed E-state index contributed by atoms with van der Waals surface area (Å²) in [7, 11) is 0. The van der Waals surface area contributed by atoms with Crippen molar-refractivity contribution in [3.05, 3.63) is 59.7 Å². The number of carbonyl (C=O) groups is 2. The summed E-state index contributed by atoms with van der Waals surface area (Å²) in [6.07, 6.45) is -0.929. The summed E-state index contributed by atoms with van der Waals surface area (Å²) in [5, 5.41) is 2.32. The summed E-state index contributed by atoms with van der Waals surface area (Å²) >= 11 is 0. The number of nitrogens with one attached hydrogen (secondary N) is 1. The molecule has 0 unspecified atom stereocenters. The number of hydrogen-bond acceptors (Lipinski definition) is 3. The van der Waals surface area contributed by atoms with Gasteiger partial charge in [0.15, 0.2) is 11.9 Å². The molecule has 0 aliphatic rings. The first-order chi connectivity index (χ1) is 10.9. The molecule has 2 rings (SSSR count). The zero-order valence-electron chi connectivity index (χ0n) is 12.6. The van der Waals surface area contributed by atoms with Crippen LogP contribution >= 0.6 is 0 Å². The first-order valence-electron chi connectivity index (χ1n) is 6.90. The molecule has 0 aliphatic heterocycles. The van der Waals surface area contributed by atoms with Crippen LogP contribution < -0.4 is 10.1 Å². The number of hydrogen-bond donors (Lipinski definition) is 1. The number of ether oxygens (including phenoxy) is 1. The lowest BCUT2D eigenvalue weighted by Crippen LogP contribution is -2.30. The van der Waals surface area contributed by atoms with Crippen molar-refractivity contribution in [3.63, 3.8) is 0 Å². The van der Waals surface area contributed by atoms with Gasteiger partial charge in [0.1, 0.15) is 17.4 Å². The molecule has 23 heavy (non-hydrogen) atoms. The lowest BCUT2D eigenvalue weighted by molar-refractivity contribution is -0.122. The highest BCUT2D eigenvalue weighted by Crippen LogP contribution is 2.18. The Bertz CT molecular complexity index is 746. The van der Waals surface area contributed by atoms with Gasteiger partial charge in [0, 0.05) is 11.6 Å². The molecular formula is C17H15F2NO3. The zero-order chi connectivity index (χ0) is 17.0. The van der Waals surface area contributed by atoms with Crippen LogP contribution in [-0.2, 0) is 4.79 Å². The predicted molar refractivity (Wildman–Crippen MR) is 81.5 cm³/mol. The van der Waals surface area contributed by atoms with Gasteiger partial charge in [-0.15, -0.1) is 0 Å². The van der Waals surface area contributed by atoms with Crippen LogP contribution in [0, 0.1) is 11.6 Å². The fourth-order valence-corrected chi connectivity index (χ4v) is 1.87. The summed E-state index contributed by atoms with van der Waals surface area (Å²) < 4.78 is 31.8. The highest BCUT2D eigenvalue weighted by Gasteiger charge is 2.17. The van der Waals surface area contributed by atoms with Crippen LogP contribution in [0.1, 0.15) is 24.2 Å². The van der Waals surface area contributed by atoms with Crippen LogP contribution in [0.15, 0.2) is 42.5 Å². The van der Waals surface area contributed by atoms with E-state index in [9.17, 15) is 18.4 Å². The van der Waals surface area contributed by atoms with Gasteiger partial charge >= 0.3 is 0 Å². The van der Waals surface area contributed by atoms with E-state index in [1.807, 2.05) is 0 Å². The second kappa shape index (κ2) is 7.00. The molecule has 2 aromatic rings. The van der Waals surface area contributed by atoms with E-state index in [0.717, 1.165) is 12.1 Å². The van der Waals surface area contributed by atoms with E-state index in [0.29, 0.717) is 17.4 Å². The minimum absolute atomic E-state index is 0.124. The molecule has 0 spiro atoms. The fourth-order valence-electron chi connectivity index (χ4n) is 1.87. The van der Waals surface area contributed by atoms with Gasteiger partial charge in [-0.3, -0.25) is 9.59 Å². The highest BCUT2D eigenvalue weighted by atomic mass is 19.1. The Kier molecular flexibility index (Phi) is 5.05. The van der Waals surface area contributed by atoms with Crippen LogP contribution in [0.4, 0.5) is 14.5 Å². The molecule has 1 N–H and O–H groups in total. The van der Waals surface area contributed by atoms with E-state index in [-0.39, 0.29) is 11.5 Å². The van der Waals surface area contributed by atoms with E-state index in [2.05, 4.69) is 5.32 Å². The summed E-state index contributed by atoms with van der Waals surface area (Å²) in [6.45, 7) is 2.91. The van der Waals surface area contributed by atoms with Gasteiger partial charge < -0.3 is 10.1 Å². The van der Waals surface area contributed by atoms with Gasteiger partial charge in [-0.1, -0.05) is 12.1 Å². The third-order valence-corrected chi connectivity index (χ3v) is 3.11. The smallest absolute Gasteiger partial charge is 0.265 e. The Balaban J connectivity index is 2.05. The van der Waals surface area contributed by atoms with Gasteiger partial charge in [0.2, 0.25) is 0 Å². The third kappa shape index (κ3) is 4.35. The maximum Gasteiger partial charge on any atom is 0.265 e. The Morgan fingerprint density at radius 3 is 2.52 bits per heavy atom. The topological polar surface area (TPSA) is 55.4 Å². The minimum atomic E-state index is -0.929. The van der Waals surface area contributed by atoms with Crippen LogP contribution in [0.2, 0.25) is 0 Å². The molecule has 0 heterocycles. The van der Waals surface area contributed by atoms with Crippen molar-refractivity contribution in [2.24, 2.45) is 0 Å². The van der Waals surface area contributed by atoms with Gasteiger partial charge in [0.25, 0.3) is 5.91 Å². The Hall–Kier alpha value is -2.76. The van der Waals surface area contributed by atoms with Gasteiger partial charge in [-0.2, -0.15) is 0 Å². The fraction of sp³-hybridized carbons (Fsp3) is 0.176. The van der Waals surface area contributed by atoms with Crippen molar-refractivity contribution in [1.82, 2.24) is 0 Å². The number of halogens is 2. The number of amides is 1. The minimum Gasteiger partial charge on any atom is -0.481 e. The van der Waals surface area contributed by atoms with E-state index in [4.69, 9.17) is 4.74 Å². The van der Waals surface area contributed by atoms with E-state index in [1.54, 1.807) is 18.2 Å². The maximum absolute atomic E-state index is 13.5. The standard InChI is InChI=1S/C17H15F2NO3/c1-10(21)12-4-3-5-14(8-12)23-11(2)17(22)20-16-7-6-13(18)9-15(16)19/h3-9,11H,1-2H3,(H,20,22)/t11-/m0/s1. The van der Waals surface area contributed by atoms with Crippen molar-refractivity contribution < 1.29 is 23.1 Å². The van der Waals surface area contributed by atoms with Gasteiger partial charge in [-0.25, -0.2) is 8.78 Å². The van der Waals surface area contributed by atoms with Crippen LogP contribution in [0.5, 0.6) is 5.75 Å². The molecule has 6 heteroatoms. The quantitative estimate of drug-likeness (QED) is 0.857. The van der Waals surface area contributed by atoms with E-state index in [1.165, 1.54) is 19.9 Å². The number of rotatable bonds is 5. The van der Waals surface area contributed by atoms with Crippen molar-refractivity contribution >= 4 is 17.4 Å². The normalized spacial score (nSPS) is 11.7. The number of ketones is 1. The number of carbonyl (C=O) groups excluding carboxylic acids is 2. The van der Waals surface area contributed by atoms with Crippen LogP contribution in [-0.4, -0.2) is 17.8 Å². The second-order valence-electron chi connectivity index (χ2n) is 4.96. The number of anilines is 1. The predicted octanol–water partition coefficient (Wildman–Crippen LogP) is 3.57. The largest absolute Gasteiger partial charge is 0.481 e. The van der Waals surface area contributed by atoms with Crippen molar-refractivity contribution in [2.45, 2.75) is 20.0 Å². The molecular weight excluding hydrogens is 304 g/mol. The Labute approximate surface area is 132 Å². The average Bonchev–Trinajstić information content (AvgIpc) is 2.50. The molecule has 2 aromatic carbocycles. The zero-order valence-corrected chi connectivity index (χ0v) is 12.6. The monoisotopic (exact) mass is 319 g/mol. The van der Waals surface area contributed by atoms with Crippen LogP contribution in [0.25, 0.3) is 0 Å². The highest BCUT2D eigenvalue weighted by molar-refractivity contribution is 5.95. The Morgan fingerprint density at radius 2 is 1.87 bits per heavy atom. The Morgan fingerprint density at radius 1 is 1.13 bits per heavy atom. The maximum atomic E-state index is 13.5. The average molecular weight is 319 g/mol. The van der Waals surface area contributed by atoms with E-state index < -0.39 is 23.6 Å². The summed E-state index contributed by atoms with van der Waals surface area (Å²) in [6, 6.07) is 9.24. The summed E-state index contributed by atoms with van der Waals surface area (Å²) in [5.74, 6) is -1.97.